The topological polar surface area (TPSA) is 105 Å². The van der Waals surface area contributed by atoms with Crippen LogP contribution in [0.25, 0.3) is 0 Å². The summed E-state index contributed by atoms with van der Waals surface area (Å²) in [5.74, 6) is -0.189. The molecule has 0 saturated carbocycles. The first-order valence-electron chi connectivity index (χ1n) is 30.2. The Balaban J connectivity index is 4.19. The molecule has 0 radical (unpaired) electrons. The number of hydrogen-bond donors (Lipinski definition) is 3. The van der Waals surface area contributed by atoms with Crippen LogP contribution in [0.4, 0.5) is 0 Å². The molecule has 3 atom stereocenters. The van der Waals surface area contributed by atoms with Gasteiger partial charge in [0.2, 0.25) is 5.91 Å². The minimum absolute atomic E-state index is 0.0530. The second-order valence-corrected chi connectivity index (χ2v) is 23.2. The first-order chi connectivity index (χ1) is 34.5. The SMILES string of the molecule is CCCCCCC/C=C\C/C=C\CCCCCCCCCCCCCCCCCCCC(=O)NC(COP(=O)(O)OCC[N+](C)(C)C)C(O)/C=C/CC/C=C/CC/C=C/CCCCCCCCCCCC. The van der Waals surface area contributed by atoms with Crippen molar-refractivity contribution < 1.29 is 32.9 Å². The third-order valence-electron chi connectivity index (χ3n) is 13.4. The number of phosphoric ester groups is 1. The number of nitrogens with one attached hydrogen (secondary N) is 1. The Morgan fingerprint density at radius 3 is 1.21 bits per heavy atom. The van der Waals surface area contributed by atoms with Gasteiger partial charge in [-0.05, 0) is 77.0 Å². The smallest absolute Gasteiger partial charge is 0.387 e. The first-order valence-corrected chi connectivity index (χ1v) is 31.7. The van der Waals surface area contributed by atoms with Gasteiger partial charge in [-0.3, -0.25) is 13.8 Å². The van der Waals surface area contributed by atoms with Gasteiger partial charge in [0.05, 0.1) is 39.9 Å². The zero-order valence-corrected chi connectivity index (χ0v) is 48.4. The highest BCUT2D eigenvalue weighted by Gasteiger charge is 2.27. The van der Waals surface area contributed by atoms with Crippen LogP contribution in [0, 0.1) is 0 Å². The molecule has 71 heavy (non-hydrogen) atoms. The summed E-state index contributed by atoms with van der Waals surface area (Å²) in [5, 5.41) is 13.9. The van der Waals surface area contributed by atoms with Crippen LogP contribution in [-0.2, 0) is 18.4 Å². The number of hydrogen-bond acceptors (Lipinski definition) is 5. The zero-order chi connectivity index (χ0) is 52.0. The maximum Gasteiger partial charge on any atom is 0.472 e. The van der Waals surface area contributed by atoms with Crippen molar-refractivity contribution in [1.82, 2.24) is 5.32 Å². The molecular weight excluding hydrogens is 900 g/mol. The molecule has 3 N–H and O–H groups in total. The van der Waals surface area contributed by atoms with E-state index in [9.17, 15) is 19.4 Å². The number of allylic oxidation sites excluding steroid dienone is 9. The molecule has 0 fully saturated rings. The van der Waals surface area contributed by atoms with Crippen LogP contribution in [0.1, 0.15) is 277 Å². The van der Waals surface area contributed by atoms with E-state index in [1.54, 1.807) is 6.08 Å². The zero-order valence-electron chi connectivity index (χ0n) is 47.5. The Labute approximate surface area is 441 Å². The highest BCUT2D eigenvalue weighted by molar-refractivity contribution is 7.47. The molecular formula is C62H118N2O6P+. The number of unbranched alkanes of at least 4 members (excludes halogenated alkanes) is 34. The normalized spacial score (nSPS) is 14.3. The van der Waals surface area contributed by atoms with Gasteiger partial charge in [-0.25, -0.2) is 4.57 Å². The molecule has 8 nitrogen and oxygen atoms in total. The highest BCUT2D eigenvalue weighted by atomic mass is 31.2. The van der Waals surface area contributed by atoms with E-state index in [1.807, 2.05) is 27.2 Å². The molecule has 3 unspecified atom stereocenters. The lowest BCUT2D eigenvalue weighted by Gasteiger charge is -2.25. The molecule has 0 aromatic heterocycles. The van der Waals surface area contributed by atoms with E-state index < -0.39 is 20.0 Å². The quantitative estimate of drug-likeness (QED) is 0.0243. The third kappa shape index (κ3) is 55.8. The molecule has 1 amide bonds. The molecule has 0 aliphatic heterocycles. The first kappa shape index (κ1) is 69.2. The van der Waals surface area contributed by atoms with Crippen LogP contribution in [-0.4, -0.2) is 73.4 Å². The Morgan fingerprint density at radius 1 is 0.479 bits per heavy atom. The molecule has 0 aliphatic rings. The van der Waals surface area contributed by atoms with Crippen LogP contribution < -0.4 is 5.32 Å². The van der Waals surface area contributed by atoms with Gasteiger partial charge in [-0.1, -0.05) is 254 Å². The summed E-state index contributed by atoms with van der Waals surface area (Å²) in [6.45, 7) is 4.80. The molecule has 0 aromatic carbocycles. The molecule has 0 bridgehead atoms. The van der Waals surface area contributed by atoms with Crippen molar-refractivity contribution in [2.24, 2.45) is 0 Å². The van der Waals surface area contributed by atoms with Crippen molar-refractivity contribution in [3.05, 3.63) is 60.8 Å². The van der Waals surface area contributed by atoms with E-state index in [-0.39, 0.29) is 19.1 Å². The summed E-state index contributed by atoms with van der Waals surface area (Å²) in [6.07, 6.45) is 71.9. The lowest BCUT2D eigenvalue weighted by molar-refractivity contribution is -0.870. The van der Waals surface area contributed by atoms with Gasteiger partial charge in [0.25, 0.3) is 0 Å². The lowest BCUT2D eigenvalue weighted by Crippen LogP contribution is -2.45. The maximum absolute atomic E-state index is 13.0. The monoisotopic (exact) mass is 1020 g/mol. The number of likely N-dealkylation sites (N-methyl/N-ethyl adjacent to an activating group) is 1. The molecule has 0 saturated heterocycles. The number of amides is 1. The van der Waals surface area contributed by atoms with Gasteiger partial charge in [-0.15, -0.1) is 0 Å². The molecule has 0 spiro atoms. The van der Waals surface area contributed by atoms with Crippen molar-refractivity contribution in [1.29, 1.82) is 0 Å². The van der Waals surface area contributed by atoms with E-state index in [1.165, 1.54) is 205 Å². The Bertz CT molecular complexity index is 1340. The van der Waals surface area contributed by atoms with Gasteiger partial charge < -0.3 is 19.8 Å². The molecule has 0 aromatic rings. The summed E-state index contributed by atoms with van der Waals surface area (Å²) >= 11 is 0. The van der Waals surface area contributed by atoms with Crippen LogP contribution in [0.15, 0.2) is 60.8 Å². The summed E-state index contributed by atoms with van der Waals surface area (Å²) in [4.78, 5) is 23.3. The van der Waals surface area contributed by atoms with Crippen molar-refractivity contribution in [2.45, 2.75) is 289 Å². The van der Waals surface area contributed by atoms with Crippen molar-refractivity contribution >= 4 is 13.7 Å². The number of aliphatic hydroxyl groups excluding tert-OH is 1. The molecule has 0 rings (SSSR count). The summed E-state index contributed by atoms with van der Waals surface area (Å²) in [6, 6.07) is -0.871. The van der Waals surface area contributed by atoms with Crippen LogP contribution in [0.5, 0.6) is 0 Å². The predicted octanol–water partition coefficient (Wildman–Crippen LogP) is 18.5. The fraction of sp³-hybridized carbons (Fsp3) is 0.823. The number of carbonyl (C=O) groups excluding carboxylic acids is 1. The van der Waals surface area contributed by atoms with Gasteiger partial charge in [0.1, 0.15) is 13.2 Å². The summed E-state index contributed by atoms with van der Waals surface area (Å²) < 4.78 is 23.7. The number of nitrogens with zero attached hydrogens (tertiary/aromatic N) is 1. The highest BCUT2D eigenvalue weighted by Crippen LogP contribution is 2.43. The fourth-order valence-electron chi connectivity index (χ4n) is 8.69. The van der Waals surface area contributed by atoms with Gasteiger partial charge in [0, 0.05) is 6.42 Å². The minimum Gasteiger partial charge on any atom is -0.387 e. The molecule has 9 heteroatoms. The second-order valence-electron chi connectivity index (χ2n) is 21.7. The Kier molecular flexibility index (Phi) is 51.7. The summed E-state index contributed by atoms with van der Waals surface area (Å²) in [7, 11) is 1.55. The maximum atomic E-state index is 13.0. The van der Waals surface area contributed by atoms with Gasteiger partial charge in [-0.2, -0.15) is 0 Å². The minimum atomic E-state index is -4.36. The Morgan fingerprint density at radius 2 is 0.817 bits per heavy atom. The van der Waals surface area contributed by atoms with Crippen LogP contribution in [0.2, 0.25) is 0 Å². The van der Waals surface area contributed by atoms with Gasteiger partial charge in [0.15, 0.2) is 0 Å². The van der Waals surface area contributed by atoms with Crippen molar-refractivity contribution in [2.75, 3.05) is 40.9 Å². The van der Waals surface area contributed by atoms with E-state index in [2.05, 4.69) is 67.8 Å². The molecule has 416 valence electrons. The predicted molar refractivity (Wildman–Crippen MR) is 309 cm³/mol. The molecule has 0 heterocycles. The summed E-state index contributed by atoms with van der Waals surface area (Å²) in [5.41, 5.74) is 0. The second kappa shape index (κ2) is 53.0. The largest absolute Gasteiger partial charge is 0.472 e. The Hall–Kier alpha value is -1.80. The van der Waals surface area contributed by atoms with E-state index in [4.69, 9.17) is 9.05 Å². The third-order valence-corrected chi connectivity index (χ3v) is 14.4. The van der Waals surface area contributed by atoms with E-state index in [0.717, 1.165) is 51.4 Å². The van der Waals surface area contributed by atoms with E-state index >= 15 is 0 Å². The number of carbonyl (C=O) groups is 1. The van der Waals surface area contributed by atoms with Crippen LogP contribution >= 0.6 is 7.82 Å². The standard InChI is InChI=1S/C62H117N2O6P/c1-6-8-10-12-14-16-18-20-22-24-26-28-29-30-31-32-33-34-35-36-38-40-42-44-46-48-50-52-54-56-62(66)63-60(59-70-71(67,68)69-58-57-64(3,4)5)61(65)55-53-51-49-47-45-43-41-39-37-27-25-23-21-19-17-15-13-11-9-7-2/h18,20,24,26,37,39,45,47,53,55,60-61,65H,6-17,19,21-23,25,27-36,38,40-44,46,48-52,54,56-59H2,1-5H3,(H-,63,66,67,68)/p+1/b20-18-,26-24-,39-37+,47-45+,55-53+. The number of quaternary nitrogens is 1. The molecule has 0 aliphatic carbocycles. The van der Waals surface area contributed by atoms with Crippen LogP contribution in [0.3, 0.4) is 0 Å². The van der Waals surface area contributed by atoms with Crippen molar-refractivity contribution in [3.63, 3.8) is 0 Å². The number of rotatable bonds is 55. The van der Waals surface area contributed by atoms with E-state index in [0.29, 0.717) is 17.4 Å². The number of aliphatic hydroxyl groups is 1. The lowest BCUT2D eigenvalue weighted by atomic mass is 10.0. The fourth-order valence-corrected chi connectivity index (χ4v) is 9.43. The number of phosphoric acid groups is 1. The van der Waals surface area contributed by atoms with Gasteiger partial charge >= 0.3 is 7.82 Å². The van der Waals surface area contributed by atoms with Crippen molar-refractivity contribution in [3.8, 4) is 0 Å². The average Bonchev–Trinajstić information content (AvgIpc) is 3.33. The average molecular weight is 1020 g/mol.